The first-order chi connectivity index (χ1) is 8.58. The highest BCUT2D eigenvalue weighted by Gasteiger charge is 1.99. The zero-order valence-electron chi connectivity index (χ0n) is 9.39. The molecule has 0 amide bonds. The number of phenols is 1. The largest absolute Gasteiger partial charge is 0.508 e. The van der Waals surface area contributed by atoms with E-state index in [0.717, 1.165) is 5.56 Å². The molecule has 0 radical (unpaired) electrons. The normalized spacial score (nSPS) is 11.1. The fourth-order valence-electron chi connectivity index (χ4n) is 1.06. The number of ether oxygens (including phenoxy) is 1. The average Bonchev–Trinajstić information content (AvgIpc) is 2.34. The van der Waals surface area contributed by atoms with Crippen molar-refractivity contribution < 1.29 is 29.9 Å². The van der Waals surface area contributed by atoms with E-state index in [-0.39, 0.29) is 19.0 Å². The van der Waals surface area contributed by atoms with Crippen molar-refractivity contribution in [2.75, 3.05) is 13.2 Å². The van der Waals surface area contributed by atoms with Crippen LogP contribution in [0, 0.1) is 0 Å². The molecule has 0 fully saturated rings. The number of hydrogen-bond acceptors (Lipinski definition) is 7. The number of phenolic OH excluding ortho intramolecular Hbond substituents is 1. The molecule has 0 aliphatic heterocycles. The van der Waals surface area contributed by atoms with Crippen LogP contribution in [-0.2, 0) is 14.4 Å². The van der Waals surface area contributed by atoms with Crippen LogP contribution in [0.5, 0.6) is 5.75 Å². The molecule has 0 aromatic heterocycles. The molecular weight excluding hydrogens is 242 g/mol. The lowest BCUT2D eigenvalue weighted by Gasteiger charge is -2.05. The first-order valence-corrected chi connectivity index (χ1v) is 5.02. The van der Waals surface area contributed by atoms with Gasteiger partial charge in [-0.2, -0.15) is 0 Å². The number of nitrogens with zero attached hydrogens (tertiary/aromatic N) is 1. The van der Waals surface area contributed by atoms with Gasteiger partial charge < -0.3 is 9.84 Å². The zero-order chi connectivity index (χ0) is 13.4. The van der Waals surface area contributed by atoms with Crippen LogP contribution in [0.1, 0.15) is 5.56 Å². The van der Waals surface area contributed by atoms with Crippen LogP contribution in [0.3, 0.4) is 0 Å². The smallest absolute Gasteiger partial charge is 0.330 e. The van der Waals surface area contributed by atoms with Crippen molar-refractivity contribution in [1.82, 2.24) is 5.39 Å². The van der Waals surface area contributed by atoms with Crippen molar-refractivity contribution in [3.8, 4) is 5.75 Å². The van der Waals surface area contributed by atoms with Crippen LogP contribution in [0.2, 0.25) is 0 Å². The Morgan fingerprint density at radius 3 is 2.50 bits per heavy atom. The predicted molar refractivity (Wildman–Crippen MR) is 59.5 cm³/mol. The van der Waals surface area contributed by atoms with E-state index in [2.05, 4.69) is 9.57 Å². The SMILES string of the molecule is O=C(/C=C/c1ccc(O)cc1)OCCON(O)O. The number of aromatic hydroxyl groups is 1. The molecule has 7 heteroatoms. The standard InChI is InChI=1S/C11H13NO6/c13-10-4-1-9(2-5-10)3-6-11(14)17-7-8-18-12(15)16/h1-6,13,15-16H,7-8H2/b6-3+. The average molecular weight is 255 g/mol. The van der Waals surface area contributed by atoms with Crippen molar-refractivity contribution >= 4 is 12.0 Å². The van der Waals surface area contributed by atoms with E-state index in [0.29, 0.717) is 0 Å². The third-order valence-corrected chi connectivity index (χ3v) is 1.84. The van der Waals surface area contributed by atoms with Gasteiger partial charge in [0.25, 0.3) is 0 Å². The summed E-state index contributed by atoms with van der Waals surface area (Å²) in [6.07, 6.45) is 2.73. The second-order valence-corrected chi connectivity index (χ2v) is 3.18. The van der Waals surface area contributed by atoms with E-state index in [9.17, 15) is 4.79 Å². The Morgan fingerprint density at radius 1 is 1.22 bits per heavy atom. The first kappa shape index (κ1) is 14.1. The van der Waals surface area contributed by atoms with Gasteiger partial charge in [0.15, 0.2) is 0 Å². The van der Waals surface area contributed by atoms with Crippen molar-refractivity contribution in [1.29, 1.82) is 0 Å². The van der Waals surface area contributed by atoms with Gasteiger partial charge >= 0.3 is 5.97 Å². The van der Waals surface area contributed by atoms with Gasteiger partial charge in [0, 0.05) is 6.08 Å². The molecule has 0 saturated carbocycles. The second kappa shape index (κ2) is 7.41. The quantitative estimate of drug-likeness (QED) is 0.301. The third-order valence-electron chi connectivity index (χ3n) is 1.84. The van der Waals surface area contributed by atoms with Gasteiger partial charge in [0.2, 0.25) is 0 Å². The summed E-state index contributed by atoms with van der Waals surface area (Å²) in [4.78, 5) is 15.4. The van der Waals surface area contributed by atoms with E-state index in [1.807, 2.05) is 0 Å². The molecule has 7 nitrogen and oxygen atoms in total. The fraction of sp³-hybridized carbons (Fsp3) is 0.182. The number of esters is 1. The Bertz CT molecular complexity index is 400. The highest BCUT2D eigenvalue weighted by molar-refractivity contribution is 5.87. The van der Waals surface area contributed by atoms with Gasteiger partial charge in [-0.3, -0.25) is 10.4 Å². The van der Waals surface area contributed by atoms with Crippen LogP contribution in [-0.4, -0.2) is 40.1 Å². The summed E-state index contributed by atoms with van der Waals surface area (Å²) < 4.78 is 4.69. The molecule has 0 saturated heterocycles. The Morgan fingerprint density at radius 2 is 1.89 bits per heavy atom. The van der Waals surface area contributed by atoms with Gasteiger partial charge in [0.05, 0.1) is 5.39 Å². The molecule has 1 aromatic rings. The molecule has 18 heavy (non-hydrogen) atoms. The third kappa shape index (κ3) is 5.97. The predicted octanol–water partition coefficient (Wildman–Crippen LogP) is 0.961. The lowest BCUT2D eigenvalue weighted by atomic mass is 10.2. The maximum atomic E-state index is 11.2. The van der Waals surface area contributed by atoms with E-state index in [1.165, 1.54) is 24.3 Å². The molecule has 0 bridgehead atoms. The summed E-state index contributed by atoms with van der Waals surface area (Å²) in [5.41, 5.74) is 0.734. The van der Waals surface area contributed by atoms with Gasteiger partial charge in [0.1, 0.15) is 19.0 Å². The van der Waals surface area contributed by atoms with E-state index in [1.54, 1.807) is 12.1 Å². The van der Waals surface area contributed by atoms with Gasteiger partial charge in [-0.25, -0.2) is 9.63 Å². The Labute approximate surface area is 103 Å². The van der Waals surface area contributed by atoms with Gasteiger partial charge in [-0.1, -0.05) is 12.1 Å². The number of rotatable bonds is 6. The zero-order valence-corrected chi connectivity index (χ0v) is 9.39. The minimum Gasteiger partial charge on any atom is -0.508 e. The summed E-state index contributed by atoms with van der Waals surface area (Å²) in [6, 6.07) is 6.26. The molecule has 1 rings (SSSR count). The molecule has 0 unspecified atom stereocenters. The lowest BCUT2D eigenvalue weighted by molar-refractivity contribution is -0.493. The molecule has 0 heterocycles. The van der Waals surface area contributed by atoms with Gasteiger partial charge in [-0.05, 0) is 23.8 Å². The molecule has 0 spiro atoms. The molecule has 98 valence electrons. The Hall–Kier alpha value is -1.93. The van der Waals surface area contributed by atoms with E-state index < -0.39 is 11.4 Å². The van der Waals surface area contributed by atoms with Crippen LogP contribution in [0.4, 0.5) is 0 Å². The monoisotopic (exact) mass is 255 g/mol. The first-order valence-electron chi connectivity index (χ1n) is 5.02. The van der Waals surface area contributed by atoms with Crippen LogP contribution >= 0.6 is 0 Å². The Kier molecular flexibility index (Phi) is 5.81. The highest BCUT2D eigenvalue weighted by atomic mass is 17.1. The van der Waals surface area contributed by atoms with Crippen LogP contribution in [0.15, 0.2) is 30.3 Å². The summed E-state index contributed by atoms with van der Waals surface area (Å²) in [6.45, 7) is -0.290. The lowest BCUT2D eigenvalue weighted by Crippen LogP contribution is -2.18. The topological polar surface area (TPSA) is 99.5 Å². The van der Waals surface area contributed by atoms with Crippen molar-refractivity contribution in [2.24, 2.45) is 0 Å². The maximum Gasteiger partial charge on any atom is 0.330 e. The number of carbonyl (C=O) groups is 1. The van der Waals surface area contributed by atoms with E-state index >= 15 is 0 Å². The minimum absolute atomic E-state index is 0.115. The molecular formula is C11H13NO6. The molecule has 0 atom stereocenters. The molecule has 0 aliphatic rings. The molecule has 0 aliphatic carbocycles. The summed E-state index contributed by atoms with van der Waals surface area (Å²) >= 11 is 0. The van der Waals surface area contributed by atoms with Crippen LogP contribution < -0.4 is 0 Å². The summed E-state index contributed by atoms with van der Waals surface area (Å²) in [5.74, 6) is -0.446. The Balaban J connectivity index is 2.29. The maximum absolute atomic E-state index is 11.2. The number of benzene rings is 1. The molecule has 1 aromatic carbocycles. The number of carbonyl (C=O) groups excluding carboxylic acids is 1. The van der Waals surface area contributed by atoms with Crippen LogP contribution in [0.25, 0.3) is 6.08 Å². The highest BCUT2D eigenvalue weighted by Crippen LogP contribution is 2.10. The summed E-state index contributed by atoms with van der Waals surface area (Å²) in [5, 5.41) is 25.0. The second-order valence-electron chi connectivity index (χ2n) is 3.18. The number of hydrogen-bond donors (Lipinski definition) is 3. The fourth-order valence-corrected chi connectivity index (χ4v) is 1.06. The van der Waals surface area contributed by atoms with Gasteiger partial charge in [-0.15, -0.1) is 0 Å². The summed E-state index contributed by atoms with van der Waals surface area (Å²) in [7, 11) is 0. The van der Waals surface area contributed by atoms with Crippen molar-refractivity contribution in [2.45, 2.75) is 0 Å². The van der Waals surface area contributed by atoms with E-state index in [4.69, 9.17) is 15.5 Å². The minimum atomic E-state index is -0.589. The van der Waals surface area contributed by atoms with Crippen molar-refractivity contribution in [3.05, 3.63) is 35.9 Å². The van der Waals surface area contributed by atoms with Crippen molar-refractivity contribution in [3.63, 3.8) is 0 Å². The molecule has 3 N–H and O–H groups in total.